The molecule has 2 aromatic carbocycles. The van der Waals surface area contributed by atoms with Gasteiger partial charge in [-0.3, -0.25) is 0 Å². The first kappa shape index (κ1) is 15.6. The van der Waals surface area contributed by atoms with Crippen molar-refractivity contribution in [2.24, 2.45) is 0 Å². The third-order valence-corrected chi connectivity index (χ3v) is 3.60. The Kier molecular flexibility index (Phi) is 5.82. The lowest BCUT2D eigenvalue weighted by Gasteiger charge is -2.12. The van der Waals surface area contributed by atoms with Gasteiger partial charge in [-0.2, -0.15) is 0 Å². The van der Waals surface area contributed by atoms with Gasteiger partial charge in [0.2, 0.25) is 0 Å². The van der Waals surface area contributed by atoms with Crippen LogP contribution in [0.3, 0.4) is 0 Å². The van der Waals surface area contributed by atoms with E-state index in [1.807, 2.05) is 24.3 Å². The van der Waals surface area contributed by atoms with Crippen LogP contribution in [0.2, 0.25) is 0 Å². The zero-order valence-corrected chi connectivity index (χ0v) is 12.9. The number of rotatable bonds is 7. The average molecular weight is 284 g/mol. The molecule has 0 aliphatic carbocycles. The third kappa shape index (κ3) is 4.61. The minimum absolute atomic E-state index is 0.474. The lowest BCUT2D eigenvalue weighted by atomic mass is 10.00. The van der Waals surface area contributed by atoms with Gasteiger partial charge in [0.25, 0.3) is 0 Å². The molecule has 1 unspecified atom stereocenters. The van der Waals surface area contributed by atoms with E-state index in [1.54, 1.807) is 0 Å². The molecule has 0 radical (unpaired) electrons. The van der Waals surface area contributed by atoms with Crippen molar-refractivity contribution in [1.82, 2.24) is 0 Å². The number of hydrogen-bond donors (Lipinski definition) is 1. The van der Waals surface area contributed by atoms with Crippen LogP contribution in [0.25, 0.3) is 0 Å². The third-order valence-electron chi connectivity index (χ3n) is 3.60. The summed E-state index contributed by atoms with van der Waals surface area (Å²) in [6.07, 6.45) is 2.21. The SMILES string of the molecule is CCCOc1ccc(C(O)Cc2ccc(CC)cc2)cc1. The molecule has 2 rings (SSSR count). The highest BCUT2D eigenvalue weighted by Gasteiger charge is 2.08. The maximum atomic E-state index is 10.3. The van der Waals surface area contributed by atoms with Gasteiger partial charge in [-0.1, -0.05) is 50.2 Å². The molecule has 0 aliphatic rings. The molecule has 0 saturated carbocycles. The Morgan fingerprint density at radius 2 is 1.52 bits per heavy atom. The van der Waals surface area contributed by atoms with Gasteiger partial charge in [0.05, 0.1) is 12.7 Å². The summed E-state index contributed by atoms with van der Waals surface area (Å²) in [5, 5.41) is 10.3. The lowest BCUT2D eigenvalue weighted by Crippen LogP contribution is -2.02. The minimum atomic E-state index is -0.474. The number of ether oxygens (including phenoxy) is 1. The van der Waals surface area contributed by atoms with E-state index in [0.717, 1.165) is 36.3 Å². The number of aliphatic hydroxyl groups is 1. The van der Waals surface area contributed by atoms with Gasteiger partial charge in [-0.15, -0.1) is 0 Å². The summed E-state index contributed by atoms with van der Waals surface area (Å²) in [6, 6.07) is 16.2. The summed E-state index contributed by atoms with van der Waals surface area (Å²) < 4.78 is 5.55. The second kappa shape index (κ2) is 7.84. The number of benzene rings is 2. The smallest absolute Gasteiger partial charge is 0.119 e. The minimum Gasteiger partial charge on any atom is -0.494 e. The van der Waals surface area contributed by atoms with Crippen LogP contribution >= 0.6 is 0 Å². The van der Waals surface area contributed by atoms with Crippen LogP contribution in [0.15, 0.2) is 48.5 Å². The molecule has 112 valence electrons. The highest BCUT2D eigenvalue weighted by atomic mass is 16.5. The Balaban J connectivity index is 1.96. The zero-order chi connectivity index (χ0) is 15.1. The van der Waals surface area contributed by atoms with Crippen molar-refractivity contribution in [3.05, 3.63) is 65.2 Å². The standard InChI is InChI=1S/C19H24O2/c1-3-13-21-18-11-9-17(10-12-18)19(20)14-16-7-5-15(4-2)6-8-16/h5-12,19-20H,3-4,13-14H2,1-2H3. The van der Waals surface area contributed by atoms with Crippen molar-refractivity contribution in [2.75, 3.05) is 6.61 Å². The van der Waals surface area contributed by atoms with Crippen LogP contribution in [0, 0.1) is 0 Å². The van der Waals surface area contributed by atoms with Gasteiger partial charge in [0, 0.05) is 6.42 Å². The quantitative estimate of drug-likeness (QED) is 0.820. The first-order valence-electron chi connectivity index (χ1n) is 7.71. The fourth-order valence-electron chi connectivity index (χ4n) is 2.26. The van der Waals surface area contributed by atoms with Crippen LogP contribution in [0.1, 0.15) is 43.1 Å². The second-order valence-corrected chi connectivity index (χ2v) is 5.31. The first-order chi connectivity index (χ1) is 10.2. The normalized spacial score (nSPS) is 12.1. The average Bonchev–Trinajstić information content (AvgIpc) is 2.54. The molecule has 2 heteroatoms. The molecule has 2 aromatic rings. The number of aliphatic hydroxyl groups excluding tert-OH is 1. The predicted octanol–water partition coefficient (Wildman–Crippen LogP) is 4.31. The molecule has 0 spiro atoms. The van der Waals surface area contributed by atoms with Crippen molar-refractivity contribution in [2.45, 2.75) is 39.2 Å². The van der Waals surface area contributed by atoms with Crippen molar-refractivity contribution in [3.8, 4) is 5.75 Å². The van der Waals surface area contributed by atoms with E-state index in [0.29, 0.717) is 6.42 Å². The molecular formula is C19H24O2. The molecule has 0 bridgehead atoms. The van der Waals surface area contributed by atoms with Crippen LogP contribution < -0.4 is 4.74 Å². The van der Waals surface area contributed by atoms with Crippen LogP contribution in [0.4, 0.5) is 0 Å². The van der Waals surface area contributed by atoms with Gasteiger partial charge in [-0.05, 0) is 41.7 Å². The van der Waals surface area contributed by atoms with E-state index in [9.17, 15) is 5.11 Å². The van der Waals surface area contributed by atoms with Crippen LogP contribution in [-0.4, -0.2) is 11.7 Å². The molecule has 0 aromatic heterocycles. The summed E-state index contributed by atoms with van der Waals surface area (Å²) in [7, 11) is 0. The second-order valence-electron chi connectivity index (χ2n) is 5.31. The molecule has 1 atom stereocenters. The lowest BCUT2D eigenvalue weighted by molar-refractivity contribution is 0.178. The predicted molar refractivity (Wildman–Crippen MR) is 86.7 cm³/mol. The molecule has 0 aliphatic heterocycles. The molecule has 0 heterocycles. The van der Waals surface area contributed by atoms with Gasteiger partial charge in [0.15, 0.2) is 0 Å². The van der Waals surface area contributed by atoms with Gasteiger partial charge < -0.3 is 9.84 Å². The van der Waals surface area contributed by atoms with E-state index in [-0.39, 0.29) is 0 Å². The molecule has 0 fully saturated rings. The van der Waals surface area contributed by atoms with Crippen LogP contribution in [-0.2, 0) is 12.8 Å². The van der Waals surface area contributed by atoms with Crippen LogP contribution in [0.5, 0.6) is 5.75 Å². The Morgan fingerprint density at radius 3 is 2.10 bits per heavy atom. The molecule has 2 nitrogen and oxygen atoms in total. The van der Waals surface area contributed by atoms with E-state index < -0.39 is 6.10 Å². The Bertz CT molecular complexity index is 528. The number of hydrogen-bond acceptors (Lipinski definition) is 2. The summed E-state index contributed by atoms with van der Waals surface area (Å²) >= 11 is 0. The molecule has 1 N–H and O–H groups in total. The Hall–Kier alpha value is -1.80. The van der Waals surface area contributed by atoms with Crippen molar-refractivity contribution in [3.63, 3.8) is 0 Å². The molecule has 21 heavy (non-hydrogen) atoms. The highest BCUT2D eigenvalue weighted by Crippen LogP contribution is 2.21. The summed E-state index contributed by atoms with van der Waals surface area (Å²) in [5.41, 5.74) is 3.41. The van der Waals surface area contributed by atoms with Crippen molar-refractivity contribution < 1.29 is 9.84 Å². The zero-order valence-electron chi connectivity index (χ0n) is 12.9. The highest BCUT2D eigenvalue weighted by molar-refractivity contribution is 5.30. The Labute approximate surface area is 127 Å². The maximum absolute atomic E-state index is 10.3. The van der Waals surface area contributed by atoms with Crippen molar-refractivity contribution in [1.29, 1.82) is 0 Å². The largest absolute Gasteiger partial charge is 0.494 e. The summed E-state index contributed by atoms with van der Waals surface area (Å²) in [4.78, 5) is 0. The molecule has 0 amide bonds. The van der Waals surface area contributed by atoms with Gasteiger partial charge in [0.1, 0.15) is 5.75 Å². The molecule has 0 saturated heterocycles. The maximum Gasteiger partial charge on any atom is 0.119 e. The van der Waals surface area contributed by atoms with Gasteiger partial charge >= 0.3 is 0 Å². The van der Waals surface area contributed by atoms with E-state index in [4.69, 9.17) is 4.74 Å². The van der Waals surface area contributed by atoms with E-state index >= 15 is 0 Å². The molecular weight excluding hydrogens is 260 g/mol. The van der Waals surface area contributed by atoms with E-state index in [2.05, 4.69) is 38.1 Å². The van der Waals surface area contributed by atoms with Crippen molar-refractivity contribution >= 4 is 0 Å². The fraction of sp³-hybridized carbons (Fsp3) is 0.368. The topological polar surface area (TPSA) is 29.5 Å². The monoisotopic (exact) mass is 284 g/mol. The Morgan fingerprint density at radius 1 is 0.905 bits per heavy atom. The first-order valence-corrected chi connectivity index (χ1v) is 7.71. The van der Waals surface area contributed by atoms with E-state index in [1.165, 1.54) is 5.56 Å². The summed E-state index contributed by atoms with van der Waals surface area (Å²) in [6.45, 7) is 4.96. The summed E-state index contributed by atoms with van der Waals surface area (Å²) in [5.74, 6) is 0.861. The fourth-order valence-corrected chi connectivity index (χ4v) is 2.26. The van der Waals surface area contributed by atoms with Gasteiger partial charge in [-0.25, -0.2) is 0 Å². The number of aryl methyl sites for hydroxylation is 1.